The molecule has 0 aliphatic rings. The van der Waals surface area contributed by atoms with Gasteiger partial charge in [0, 0.05) is 11.1 Å². The molecule has 3 heteroatoms. The minimum absolute atomic E-state index is 0.303. The lowest BCUT2D eigenvalue weighted by Gasteiger charge is -2.05. The fraction of sp³-hybridized carbons (Fsp3) is 0. The van der Waals surface area contributed by atoms with Gasteiger partial charge in [-0.05, 0) is 35.4 Å². The molecule has 0 bridgehead atoms. The summed E-state index contributed by atoms with van der Waals surface area (Å²) in [5, 5.41) is 0. The van der Waals surface area contributed by atoms with E-state index in [0.717, 1.165) is 11.1 Å². The molecule has 0 aliphatic carbocycles. The predicted octanol–water partition coefficient (Wildman–Crippen LogP) is 3.23. The van der Waals surface area contributed by atoms with Crippen LogP contribution in [0.2, 0.25) is 0 Å². The van der Waals surface area contributed by atoms with Crippen LogP contribution in [-0.2, 0) is 0 Å². The largest absolute Gasteiger partial charge is 0.366 e. The maximum absolute atomic E-state index is 13.3. The maximum atomic E-state index is 13.3. The van der Waals surface area contributed by atoms with Crippen LogP contribution in [0.5, 0.6) is 0 Å². The smallest absolute Gasteiger partial charge is 0.248 e. The van der Waals surface area contributed by atoms with Crippen LogP contribution in [0.3, 0.4) is 0 Å². The SMILES string of the molecule is C=Cc1cc(-c2ccc(C(N)=O)cc2)ccc1F. The molecule has 2 aromatic rings. The molecule has 2 aromatic carbocycles. The molecule has 90 valence electrons. The van der Waals surface area contributed by atoms with Gasteiger partial charge >= 0.3 is 0 Å². The average Bonchev–Trinajstić information content (AvgIpc) is 2.39. The number of benzene rings is 2. The highest BCUT2D eigenvalue weighted by Gasteiger charge is 2.04. The molecule has 0 unspecified atom stereocenters. The second-order valence-corrected chi connectivity index (χ2v) is 3.88. The zero-order valence-corrected chi connectivity index (χ0v) is 9.69. The average molecular weight is 241 g/mol. The molecule has 18 heavy (non-hydrogen) atoms. The lowest BCUT2D eigenvalue weighted by atomic mass is 10.0. The second kappa shape index (κ2) is 4.84. The molecular formula is C15H12FNO. The number of hydrogen-bond donors (Lipinski definition) is 1. The van der Waals surface area contributed by atoms with E-state index in [0.29, 0.717) is 11.1 Å². The van der Waals surface area contributed by atoms with Crippen molar-refractivity contribution in [2.24, 2.45) is 5.73 Å². The molecule has 2 N–H and O–H groups in total. The standard InChI is InChI=1S/C15H12FNO/c1-2-10-9-13(7-8-14(10)16)11-3-5-12(6-4-11)15(17)18/h2-9H,1H2,(H2,17,18). The molecule has 0 radical (unpaired) electrons. The second-order valence-electron chi connectivity index (χ2n) is 3.88. The van der Waals surface area contributed by atoms with Crippen LogP contribution in [0.25, 0.3) is 17.2 Å². The van der Waals surface area contributed by atoms with Crippen molar-refractivity contribution in [3.05, 3.63) is 66.0 Å². The van der Waals surface area contributed by atoms with Gasteiger partial charge in [0.25, 0.3) is 0 Å². The van der Waals surface area contributed by atoms with Crippen LogP contribution in [-0.4, -0.2) is 5.91 Å². The van der Waals surface area contributed by atoms with Crippen molar-refractivity contribution in [1.82, 2.24) is 0 Å². The third kappa shape index (κ3) is 2.30. The Labute approximate surface area is 105 Å². The molecule has 0 fully saturated rings. The normalized spacial score (nSPS) is 10.1. The number of primary amides is 1. The molecule has 0 spiro atoms. The van der Waals surface area contributed by atoms with Crippen LogP contribution in [0.1, 0.15) is 15.9 Å². The van der Waals surface area contributed by atoms with Crippen molar-refractivity contribution >= 4 is 12.0 Å². The van der Waals surface area contributed by atoms with Crippen molar-refractivity contribution in [2.75, 3.05) is 0 Å². The van der Waals surface area contributed by atoms with E-state index in [4.69, 9.17) is 5.73 Å². The Morgan fingerprint density at radius 2 is 1.72 bits per heavy atom. The Kier molecular flexibility index (Phi) is 3.24. The highest BCUT2D eigenvalue weighted by molar-refractivity contribution is 5.93. The Morgan fingerprint density at radius 3 is 2.28 bits per heavy atom. The number of carbonyl (C=O) groups excluding carboxylic acids is 1. The van der Waals surface area contributed by atoms with E-state index in [9.17, 15) is 9.18 Å². The van der Waals surface area contributed by atoms with Gasteiger partial charge < -0.3 is 5.73 Å². The summed E-state index contributed by atoms with van der Waals surface area (Å²) >= 11 is 0. The van der Waals surface area contributed by atoms with E-state index in [2.05, 4.69) is 6.58 Å². The zero-order chi connectivity index (χ0) is 13.1. The van der Waals surface area contributed by atoms with E-state index in [1.54, 1.807) is 36.4 Å². The Balaban J connectivity index is 2.42. The Morgan fingerprint density at radius 1 is 1.11 bits per heavy atom. The van der Waals surface area contributed by atoms with Crippen LogP contribution < -0.4 is 5.73 Å². The number of halogens is 1. The summed E-state index contributed by atoms with van der Waals surface area (Å²) in [6.07, 6.45) is 1.47. The van der Waals surface area contributed by atoms with Crippen LogP contribution in [0.4, 0.5) is 4.39 Å². The predicted molar refractivity (Wildman–Crippen MR) is 70.4 cm³/mol. The lowest BCUT2D eigenvalue weighted by molar-refractivity contribution is 0.100. The molecule has 0 aliphatic heterocycles. The molecule has 0 heterocycles. The highest BCUT2D eigenvalue weighted by atomic mass is 19.1. The van der Waals surface area contributed by atoms with Crippen molar-refractivity contribution in [1.29, 1.82) is 0 Å². The highest BCUT2D eigenvalue weighted by Crippen LogP contribution is 2.23. The van der Waals surface area contributed by atoms with E-state index < -0.39 is 5.91 Å². The van der Waals surface area contributed by atoms with Gasteiger partial charge in [-0.1, -0.05) is 30.9 Å². The molecule has 1 amide bonds. The van der Waals surface area contributed by atoms with Crippen LogP contribution in [0, 0.1) is 5.82 Å². The Hall–Kier alpha value is -2.42. The summed E-state index contributed by atoms with van der Waals surface area (Å²) in [5.41, 5.74) is 7.82. The third-order valence-corrected chi connectivity index (χ3v) is 2.72. The Bertz CT molecular complexity index is 602. The van der Waals surface area contributed by atoms with Crippen LogP contribution in [0.15, 0.2) is 49.0 Å². The molecule has 2 rings (SSSR count). The summed E-state index contributed by atoms with van der Waals surface area (Å²) in [6, 6.07) is 11.6. The first-order chi connectivity index (χ1) is 8.61. The summed E-state index contributed by atoms with van der Waals surface area (Å²) in [5.74, 6) is -0.769. The summed E-state index contributed by atoms with van der Waals surface area (Å²) < 4.78 is 13.3. The molecule has 0 saturated heterocycles. The molecular weight excluding hydrogens is 229 g/mol. The number of carbonyl (C=O) groups is 1. The quantitative estimate of drug-likeness (QED) is 0.880. The van der Waals surface area contributed by atoms with Crippen molar-refractivity contribution in [2.45, 2.75) is 0 Å². The number of hydrogen-bond acceptors (Lipinski definition) is 1. The van der Waals surface area contributed by atoms with Crippen LogP contribution >= 0.6 is 0 Å². The van der Waals surface area contributed by atoms with Gasteiger partial charge in [-0.3, -0.25) is 4.79 Å². The topological polar surface area (TPSA) is 43.1 Å². The monoisotopic (exact) mass is 241 g/mol. The van der Waals surface area contributed by atoms with Gasteiger partial charge in [-0.15, -0.1) is 0 Å². The van der Waals surface area contributed by atoms with E-state index in [1.165, 1.54) is 12.1 Å². The zero-order valence-electron chi connectivity index (χ0n) is 9.69. The first-order valence-corrected chi connectivity index (χ1v) is 5.44. The maximum Gasteiger partial charge on any atom is 0.248 e. The van der Waals surface area contributed by atoms with E-state index in [1.807, 2.05) is 0 Å². The number of nitrogens with two attached hydrogens (primary N) is 1. The number of amides is 1. The van der Waals surface area contributed by atoms with Gasteiger partial charge in [-0.2, -0.15) is 0 Å². The van der Waals surface area contributed by atoms with Crippen molar-refractivity contribution in [3.8, 4) is 11.1 Å². The van der Waals surface area contributed by atoms with Gasteiger partial charge in [0.15, 0.2) is 0 Å². The van der Waals surface area contributed by atoms with E-state index in [-0.39, 0.29) is 5.82 Å². The van der Waals surface area contributed by atoms with Gasteiger partial charge in [0.2, 0.25) is 5.91 Å². The number of rotatable bonds is 3. The first-order valence-electron chi connectivity index (χ1n) is 5.44. The lowest BCUT2D eigenvalue weighted by Crippen LogP contribution is -2.10. The van der Waals surface area contributed by atoms with Gasteiger partial charge in [0.05, 0.1) is 0 Å². The fourth-order valence-electron chi connectivity index (χ4n) is 1.71. The minimum Gasteiger partial charge on any atom is -0.366 e. The summed E-state index contributed by atoms with van der Waals surface area (Å²) in [4.78, 5) is 11.0. The molecule has 0 atom stereocenters. The molecule has 0 saturated carbocycles. The summed E-state index contributed by atoms with van der Waals surface area (Å²) in [6.45, 7) is 3.56. The molecule has 2 nitrogen and oxygen atoms in total. The van der Waals surface area contributed by atoms with E-state index >= 15 is 0 Å². The third-order valence-electron chi connectivity index (χ3n) is 2.72. The minimum atomic E-state index is -0.465. The van der Waals surface area contributed by atoms with Crippen molar-refractivity contribution in [3.63, 3.8) is 0 Å². The van der Waals surface area contributed by atoms with Crippen molar-refractivity contribution < 1.29 is 9.18 Å². The van der Waals surface area contributed by atoms with Gasteiger partial charge in [-0.25, -0.2) is 4.39 Å². The summed E-state index contributed by atoms with van der Waals surface area (Å²) in [7, 11) is 0. The molecule has 0 aromatic heterocycles. The first kappa shape index (κ1) is 12.0. The van der Waals surface area contributed by atoms with Gasteiger partial charge in [0.1, 0.15) is 5.82 Å². The fourth-order valence-corrected chi connectivity index (χ4v) is 1.71.